The molecule has 0 aromatic heterocycles. The van der Waals surface area contributed by atoms with Crippen LogP contribution in [0, 0.1) is 17.8 Å². The molecule has 0 amide bonds. The lowest BCUT2D eigenvalue weighted by Crippen LogP contribution is -2.56. The van der Waals surface area contributed by atoms with E-state index in [1.165, 1.54) is 0 Å². The van der Waals surface area contributed by atoms with Crippen LogP contribution in [0.3, 0.4) is 0 Å². The molecule has 0 saturated heterocycles. The van der Waals surface area contributed by atoms with Crippen LogP contribution in [0.5, 0.6) is 0 Å². The molecule has 0 saturated carbocycles. The van der Waals surface area contributed by atoms with Gasteiger partial charge in [-0.25, -0.2) is 0 Å². The molecule has 0 bridgehead atoms. The minimum Gasteiger partial charge on any atom is -0.297 e. The molecule has 0 aliphatic heterocycles. The van der Waals surface area contributed by atoms with Crippen LogP contribution < -0.4 is 0 Å². The number of carbonyl (C=O) groups is 3. The average Bonchev–Trinajstić information content (AvgIpc) is 2.92. The number of hydrogen-bond acceptors (Lipinski definition) is 6. The van der Waals surface area contributed by atoms with E-state index < -0.39 is 16.6 Å². The quantitative estimate of drug-likeness (QED) is 0.134. The number of carbonyl (C=O) groups excluding carboxylic acids is 3. The highest BCUT2D eigenvalue weighted by atomic mass is 16.1. The monoisotopic (exact) mass is 604 g/mol. The highest BCUT2D eigenvalue weighted by molar-refractivity contribution is 5.91. The van der Waals surface area contributed by atoms with E-state index in [0.29, 0.717) is 25.7 Å². The number of rotatable bonds is 20. The van der Waals surface area contributed by atoms with Gasteiger partial charge in [-0.1, -0.05) is 65.8 Å². The summed E-state index contributed by atoms with van der Waals surface area (Å²) in [6.45, 7) is 28.6. The summed E-state index contributed by atoms with van der Waals surface area (Å²) in [6.07, 6.45) is 10.7. The number of hydrogen-bond donors (Lipinski definition) is 0. The SMILES string of the molecule is CC(C)C(=O)C(C)(CC=CCC(CC=CCC(C)(C(=O)C(C)C)N(C)C(C)C)(C(=O)C(C)C)N(C)C(C)C)N(C)C(C)C. The predicted molar refractivity (Wildman–Crippen MR) is 185 cm³/mol. The van der Waals surface area contributed by atoms with Crippen LogP contribution in [-0.2, 0) is 14.4 Å². The van der Waals surface area contributed by atoms with Gasteiger partial charge in [0.25, 0.3) is 0 Å². The van der Waals surface area contributed by atoms with E-state index in [9.17, 15) is 14.4 Å². The summed E-state index contributed by atoms with van der Waals surface area (Å²) < 4.78 is 0. The van der Waals surface area contributed by atoms with Crippen molar-refractivity contribution in [2.75, 3.05) is 21.1 Å². The molecule has 43 heavy (non-hydrogen) atoms. The second kappa shape index (κ2) is 17.2. The van der Waals surface area contributed by atoms with E-state index in [4.69, 9.17) is 0 Å². The maximum absolute atomic E-state index is 14.0. The van der Waals surface area contributed by atoms with Gasteiger partial charge in [0, 0.05) is 35.9 Å². The Hall–Kier alpha value is -1.63. The minimum atomic E-state index is -0.736. The number of nitrogens with zero attached hydrogens (tertiary/aromatic N) is 3. The molecule has 0 fully saturated rings. The topological polar surface area (TPSA) is 60.9 Å². The third kappa shape index (κ3) is 10.2. The van der Waals surface area contributed by atoms with E-state index in [0.717, 1.165) is 0 Å². The molecule has 6 nitrogen and oxygen atoms in total. The molecule has 0 aliphatic carbocycles. The lowest BCUT2D eigenvalue weighted by molar-refractivity contribution is -0.135. The van der Waals surface area contributed by atoms with Gasteiger partial charge in [-0.3, -0.25) is 29.1 Å². The molecule has 0 spiro atoms. The summed E-state index contributed by atoms with van der Waals surface area (Å²) in [5.41, 5.74) is -1.98. The largest absolute Gasteiger partial charge is 0.297 e. The molecule has 0 N–H and O–H groups in total. The number of likely N-dealkylation sites (N-methyl/N-ethyl adjacent to an activating group) is 3. The van der Waals surface area contributed by atoms with Gasteiger partial charge in [0.1, 0.15) is 0 Å². The fourth-order valence-electron chi connectivity index (χ4n) is 6.18. The number of Topliss-reactive ketones (excluding diaryl/α,β-unsaturated/α-hetero) is 3. The van der Waals surface area contributed by atoms with Crippen molar-refractivity contribution in [1.82, 2.24) is 14.7 Å². The summed E-state index contributed by atoms with van der Waals surface area (Å²) >= 11 is 0. The molecule has 0 aromatic rings. The molecule has 0 aliphatic rings. The predicted octanol–water partition coefficient (Wildman–Crippen LogP) is 7.61. The lowest BCUT2D eigenvalue weighted by atomic mass is 9.78. The van der Waals surface area contributed by atoms with E-state index in [-0.39, 0.29) is 53.2 Å². The molecular weight excluding hydrogens is 534 g/mol. The van der Waals surface area contributed by atoms with Crippen molar-refractivity contribution in [3.63, 3.8) is 0 Å². The second-order valence-corrected chi connectivity index (χ2v) is 15.0. The maximum atomic E-state index is 14.0. The van der Waals surface area contributed by atoms with Gasteiger partial charge in [-0.2, -0.15) is 0 Å². The molecule has 0 rings (SSSR count). The van der Waals surface area contributed by atoms with E-state index >= 15 is 0 Å². The third-order valence-corrected chi connectivity index (χ3v) is 9.92. The normalized spacial score (nSPS) is 17.5. The molecule has 6 heteroatoms. The first-order valence-electron chi connectivity index (χ1n) is 16.7. The van der Waals surface area contributed by atoms with E-state index in [1.54, 1.807) is 0 Å². The Balaban J connectivity index is 6.55. The first kappa shape index (κ1) is 41.4. The van der Waals surface area contributed by atoms with Crippen LogP contribution >= 0.6 is 0 Å². The summed E-state index contributed by atoms with van der Waals surface area (Å²) in [5.74, 6) is 0.389. The van der Waals surface area contributed by atoms with Crippen LogP contribution in [0.25, 0.3) is 0 Å². The first-order chi connectivity index (χ1) is 19.5. The Morgan fingerprint density at radius 3 is 0.953 bits per heavy atom. The molecule has 2 atom stereocenters. The van der Waals surface area contributed by atoms with Gasteiger partial charge >= 0.3 is 0 Å². The van der Waals surface area contributed by atoms with Crippen molar-refractivity contribution >= 4 is 17.3 Å². The molecule has 2 unspecified atom stereocenters. The zero-order valence-corrected chi connectivity index (χ0v) is 31.2. The smallest absolute Gasteiger partial charge is 0.156 e. The van der Waals surface area contributed by atoms with Crippen molar-refractivity contribution in [2.24, 2.45) is 17.8 Å². The second-order valence-electron chi connectivity index (χ2n) is 15.0. The molecule has 0 radical (unpaired) electrons. The minimum absolute atomic E-state index is 0.0681. The van der Waals surface area contributed by atoms with Gasteiger partial charge in [0.05, 0.1) is 16.6 Å². The first-order valence-corrected chi connectivity index (χ1v) is 16.7. The highest BCUT2D eigenvalue weighted by Gasteiger charge is 2.43. The van der Waals surface area contributed by atoms with Crippen molar-refractivity contribution in [2.45, 2.75) is 157 Å². The summed E-state index contributed by atoms with van der Waals surface area (Å²) in [7, 11) is 6.10. The lowest BCUT2D eigenvalue weighted by Gasteiger charge is -2.44. The summed E-state index contributed by atoms with van der Waals surface area (Å²) in [6, 6.07) is 0.607. The van der Waals surface area contributed by atoms with Crippen LogP contribution in [0.1, 0.15) is 123 Å². The Morgan fingerprint density at radius 1 is 0.465 bits per heavy atom. The van der Waals surface area contributed by atoms with Gasteiger partial charge in [-0.05, 0) is 102 Å². The fraction of sp³-hybridized carbons (Fsp3) is 0.811. The van der Waals surface area contributed by atoms with Crippen LogP contribution in [0.4, 0.5) is 0 Å². The fourth-order valence-corrected chi connectivity index (χ4v) is 6.18. The molecule has 0 aromatic carbocycles. The van der Waals surface area contributed by atoms with E-state index in [1.807, 2.05) is 76.5 Å². The summed E-state index contributed by atoms with van der Waals surface area (Å²) in [5, 5.41) is 0. The molecule has 250 valence electrons. The maximum Gasteiger partial charge on any atom is 0.156 e. The zero-order valence-electron chi connectivity index (χ0n) is 31.2. The summed E-state index contributed by atoms with van der Waals surface area (Å²) in [4.78, 5) is 47.3. The van der Waals surface area contributed by atoms with E-state index in [2.05, 4.69) is 80.5 Å². The molecular formula is C37H69N3O3. The van der Waals surface area contributed by atoms with Gasteiger partial charge in [-0.15, -0.1) is 0 Å². The van der Waals surface area contributed by atoms with Crippen molar-refractivity contribution in [3.8, 4) is 0 Å². The van der Waals surface area contributed by atoms with Crippen molar-refractivity contribution in [1.29, 1.82) is 0 Å². The van der Waals surface area contributed by atoms with Gasteiger partial charge in [0.15, 0.2) is 17.3 Å². The van der Waals surface area contributed by atoms with Crippen LogP contribution in [0.2, 0.25) is 0 Å². The number of ketones is 3. The highest BCUT2D eigenvalue weighted by Crippen LogP contribution is 2.33. The van der Waals surface area contributed by atoms with Gasteiger partial charge in [0.2, 0.25) is 0 Å². The van der Waals surface area contributed by atoms with Crippen molar-refractivity contribution < 1.29 is 14.4 Å². The Kier molecular flexibility index (Phi) is 16.5. The van der Waals surface area contributed by atoms with Crippen molar-refractivity contribution in [3.05, 3.63) is 24.3 Å². The Labute approximate surface area is 266 Å². The average molecular weight is 604 g/mol. The van der Waals surface area contributed by atoms with Crippen LogP contribution in [-0.4, -0.2) is 87.9 Å². The zero-order chi connectivity index (χ0) is 34.1. The molecule has 0 heterocycles. The van der Waals surface area contributed by atoms with Gasteiger partial charge < -0.3 is 0 Å². The third-order valence-electron chi connectivity index (χ3n) is 9.92. The standard InChI is InChI=1S/C37H69N3O3/c1-26(2)32(41)35(13,38(15)29(7)8)22-18-20-24-37(34(43)28(5)6,40(17)31(11)12)25-21-19-23-36(14,33(42)27(3)4)39(16)30(9)10/h18-21,26-31H,22-25H2,1-17H3. The Bertz CT molecular complexity index is 904. The van der Waals surface area contributed by atoms with Crippen LogP contribution in [0.15, 0.2) is 24.3 Å². The Morgan fingerprint density at radius 2 is 0.721 bits per heavy atom.